The summed E-state index contributed by atoms with van der Waals surface area (Å²) in [5.41, 5.74) is 2.42. The summed E-state index contributed by atoms with van der Waals surface area (Å²) >= 11 is 7.39. The zero-order chi connectivity index (χ0) is 32.4. The summed E-state index contributed by atoms with van der Waals surface area (Å²) in [7, 11) is 2.86. The van der Waals surface area contributed by atoms with Gasteiger partial charge in [-0.3, -0.25) is 9.36 Å². The van der Waals surface area contributed by atoms with Crippen molar-refractivity contribution in [2.75, 3.05) is 20.8 Å². The third-order valence-corrected chi connectivity index (χ3v) is 8.58. The van der Waals surface area contributed by atoms with Crippen LogP contribution in [0.5, 0.6) is 5.75 Å². The van der Waals surface area contributed by atoms with Crippen molar-refractivity contribution in [1.29, 1.82) is 0 Å². The molecule has 11 heteroatoms. The molecular formula is C35H27ClN2O7S. The van der Waals surface area contributed by atoms with Crippen molar-refractivity contribution >= 4 is 46.6 Å². The first kappa shape index (κ1) is 30.8. The van der Waals surface area contributed by atoms with Crippen molar-refractivity contribution in [2.45, 2.75) is 13.0 Å². The van der Waals surface area contributed by atoms with Crippen molar-refractivity contribution in [3.05, 3.63) is 138 Å². The number of halogens is 1. The molecule has 0 radical (unpaired) electrons. The zero-order valence-electron chi connectivity index (χ0n) is 25.0. The normalized spacial score (nSPS) is 14.4. The number of fused-ring (bicyclic) bond motifs is 1. The Hall–Kier alpha value is -5.19. The number of aromatic nitrogens is 1. The number of hydrogen-bond acceptors (Lipinski definition) is 9. The molecule has 0 amide bonds. The van der Waals surface area contributed by atoms with E-state index in [1.165, 1.54) is 23.0 Å². The lowest BCUT2D eigenvalue weighted by molar-refractivity contribution is -0.138. The number of hydrogen-bond donors (Lipinski definition) is 0. The summed E-state index contributed by atoms with van der Waals surface area (Å²) in [5, 5.41) is 0.416. The number of ether oxygens (including phenoxy) is 3. The lowest BCUT2D eigenvalue weighted by Crippen LogP contribution is -2.40. The molecule has 232 valence electrons. The molecule has 2 aromatic heterocycles. The van der Waals surface area contributed by atoms with Crippen molar-refractivity contribution in [2.24, 2.45) is 4.99 Å². The molecule has 0 N–H and O–H groups in total. The predicted octanol–water partition coefficient (Wildman–Crippen LogP) is 5.64. The molecule has 3 aromatic carbocycles. The van der Waals surface area contributed by atoms with Gasteiger partial charge < -0.3 is 18.6 Å². The van der Waals surface area contributed by atoms with E-state index in [1.807, 2.05) is 42.5 Å². The van der Waals surface area contributed by atoms with Gasteiger partial charge in [0, 0.05) is 22.2 Å². The van der Waals surface area contributed by atoms with E-state index >= 15 is 0 Å². The summed E-state index contributed by atoms with van der Waals surface area (Å²) in [6.07, 6.45) is 1.61. The molecule has 0 spiro atoms. The maximum atomic E-state index is 14.2. The monoisotopic (exact) mass is 654 g/mol. The molecule has 0 saturated heterocycles. The molecule has 46 heavy (non-hydrogen) atoms. The predicted molar refractivity (Wildman–Crippen MR) is 175 cm³/mol. The Morgan fingerprint density at radius 1 is 1.00 bits per heavy atom. The van der Waals surface area contributed by atoms with Crippen molar-refractivity contribution in [3.8, 4) is 17.1 Å². The molecule has 5 aromatic rings. The number of carbonyl (C=O) groups excluding carboxylic acids is 2. The molecule has 9 nitrogen and oxygen atoms in total. The van der Waals surface area contributed by atoms with Gasteiger partial charge in [-0.1, -0.05) is 65.4 Å². The number of nitrogens with zero attached hydrogens (tertiary/aromatic N) is 2. The number of methoxy groups -OCH3 is 2. The lowest BCUT2D eigenvalue weighted by Gasteiger charge is -2.26. The maximum Gasteiger partial charge on any atom is 0.338 e. The van der Waals surface area contributed by atoms with E-state index < -0.39 is 18.0 Å². The molecule has 3 heterocycles. The van der Waals surface area contributed by atoms with E-state index in [4.69, 9.17) is 35.2 Å². The highest BCUT2D eigenvalue weighted by molar-refractivity contribution is 7.07. The van der Waals surface area contributed by atoms with Crippen LogP contribution < -0.4 is 19.6 Å². The van der Waals surface area contributed by atoms with Gasteiger partial charge in [0.25, 0.3) is 5.56 Å². The Morgan fingerprint density at radius 2 is 1.76 bits per heavy atom. The van der Waals surface area contributed by atoms with Gasteiger partial charge >= 0.3 is 11.9 Å². The van der Waals surface area contributed by atoms with Crippen molar-refractivity contribution in [1.82, 2.24) is 4.57 Å². The fourth-order valence-electron chi connectivity index (χ4n) is 5.25. The van der Waals surface area contributed by atoms with Gasteiger partial charge in [-0.25, -0.2) is 14.6 Å². The standard InChI is InChI=1S/C35H27ClN2O7S/c1-4-44-34(41)29-30(20-8-6-5-7-9-20)37-35-38(31(29)21-10-13-23(42-2)14-11-21)32(39)28(46-35)19-24-15-17-27(45-24)26-18-22(36)12-16-25(26)33(40)43-3/h5-19,31H,4H2,1-3H3/b28-19+/t31-/m0/s1. The Balaban J connectivity index is 1.54. The van der Waals surface area contributed by atoms with Crippen LogP contribution in [-0.4, -0.2) is 37.3 Å². The van der Waals surface area contributed by atoms with Gasteiger partial charge in [-0.05, 0) is 55.0 Å². The maximum absolute atomic E-state index is 14.2. The number of esters is 2. The van der Waals surface area contributed by atoms with Crippen LogP contribution >= 0.6 is 22.9 Å². The second-order valence-electron chi connectivity index (χ2n) is 10.1. The minimum absolute atomic E-state index is 0.148. The summed E-state index contributed by atoms with van der Waals surface area (Å²) in [6.45, 7) is 1.88. The van der Waals surface area contributed by atoms with Gasteiger partial charge in [0.1, 0.15) is 17.3 Å². The molecule has 0 unspecified atom stereocenters. The van der Waals surface area contributed by atoms with Crippen LogP contribution in [0.2, 0.25) is 5.02 Å². The summed E-state index contributed by atoms with van der Waals surface area (Å²) in [4.78, 5) is 45.4. The van der Waals surface area contributed by atoms with Crippen LogP contribution in [0.3, 0.4) is 0 Å². The van der Waals surface area contributed by atoms with E-state index in [0.717, 1.165) is 0 Å². The van der Waals surface area contributed by atoms with Crippen LogP contribution in [0.4, 0.5) is 0 Å². The van der Waals surface area contributed by atoms with Crippen LogP contribution in [0.25, 0.3) is 23.1 Å². The Morgan fingerprint density at radius 3 is 2.46 bits per heavy atom. The molecule has 0 aliphatic carbocycles. The molecule has 1 aliphatic rings. The smallest absolute Gasteiger partial charge is 0.338 e. The molecule has 6 rings (SSSR count). The second-order valence-corrected chi connectivity index (χ2v) is 11.5. The highest BCUT2D eigenvalue weighted by atomic mass is 35.5. The van der Waals surface area contributed by atoms with Gasteiger partial charge in [-0.15, -0.1) is 0 Å². The fourth-order valence-corrected chi connectivity index (χ4v) is 6.41. The highest BCUT2D eigenvalue weighted by Gasteiger charge is 2.35. The van der Waals surface area contributed by atoms with Crippen molar-refractivity contribution < 1.29 is 28.2 Å². The number of rotatable bonds is 8. The minimum Gasteiger partial charge on any atom is -0.497 e. The number of carbonyl (C=O) groups is 2. The first-order valence-electron chi connectivity index (χ1n) is 14.2. The van der Waals surface area contributed by atoms with Crippen LogP contribution in [-0.2, 0) is 14.3 Å². The Bertz CT molecular complexity index is 2160. The van der Waals surface area contributed by atoms with Crippen molar-refractivity contribution in [3.63, 3.8) is 0 Å². The minimum atomic E-state index is -0.834. The van der Waals surface area contributed by atoms with E-state index in [0.29, 0.717) is 54.0 Å². The molecule has 0 saturated carbocycles. The van der Waals surface area contributed by atoms with E-state index in [-0.39, 0.29) is 23.3 Å². The zero-order valence-corrected chi connectivity index (χ0v) is 26.6. The number of thiazole rings is 1. The molecule has 1 aliphatic heterocycles. The Kier molecular flexibility index (Phi) is 8.74. The third kappa shape index (κ3) is 5.80. The topological polar surface area (TPSA) is 109 Å². The highest BCUT2D eigenvalue weighted by Crippen LogP contribution is 2.36. The van der Waals surface area contributed by atoms with Gasteiger partial charge in [0.2, 0.25) is 0 Å². The van der Waals surface area contributed by atoms with E-state index in [9.17, 15) is 14.4 Å². The largest absolute Gasteiger partial charge is 0.497 e. The number of furan rings is 1. The van der Waals surface area contributed by atoms with Crippen LogP contribution in [0.15, 0.2) is 105 Å². The average molecular weight is 655 g/mol. The summed E-state index contributed by atoms with van der Waals surface area (Å²) in [6, 6.07) is 23.8. The molecule has 0 fully saturated rings. The first-order chi connectivity index (χ1) is 22.3. The molecule has 1 atom stereocenters. The first-order valence-corrected chi connectivity index (χ1v) is 15.4. The van der Waals surface area contributed by atoms with Crippen LogP contribution in [0.1, 0.15) is 40.2 Å². The van der Waals surface area contributed by atoms with E-state index in [2.05, 4.69) is 0 Å². The average Bonchev–Trinajstić information content (AvgIpc) is 3.68. The number of benzene rings is 3. The quantitative estimate of drug-likeness (QED) is 0.199. The molecular weight excluding hydrogens is 628 g/mol. The lowest BCUT2D eigenvalue weighted by atomic mass is 9.93. The van der Waals surface area contributed by atoms with Gasteiger partial charge in [0.15, 0.2) is 4.80 Å². The van der Waals surface area contributed by atoms with Crippen LogP contribution in [0, 0.1) is 0 Å². The second kappa shape index (κ2) is 13.0. The molecule has 0 bridgehead atoms. The Labute approximate surface area is 272 Å². The SMILES string of the molecule is CCOC(=O)C1=C(c2ccccc2)N=c2s/c(=C/c3ccc(-c4cc(Cl)ccc4C(=O)OC)o3)c(=O)n2[C@H]1c1ccc(OC)cc1. The van der Waals surface area contributed by atoms with Gasteiger partial charge in [0.05, 0.1) is 48.2 Å². The third-order valence-electron chi connectivity index (χ3n) is 7.36. The van der Waals surface area contributed by atoms with Gasteiger partial charge in [-0.2, -0.15) is 0 Å². The summed E-state index contributed by atoms with van der Waals surface area (Å²) < 4.78 is 23.7. The van der Waals surface area contributed by atoms with E-state index in [1.54, 1.807) is 62.6 Å². The fraction of sp³-hybridized carbons (Fsp3) is 0.143. The summed E-state index contributed by atoms with van der Waals surface area (Å²) in [5.74, 6) is 0.255.